The third-order valence-corrected chi connectivity index (χ3v) is 3.78. The number of carbonyl (C=O) groups is 1. The summed E-state index contributed by atoms with van der Waals surface area (Å²) in [4.78, 5) is 11.0. The van der Waals surface area contributed by atoms with Gasteiger partial charge in [0.25, 0.3) is 0 Å². The SMILES string of the molecule is Cc1cc(C(=O)O)ccc1NC1COCc2ccccc21. The van der Waals surface area contributed by atoms with Crippen molar-refractivity contribution >= 4 is 11.7 Å². The Morgan fingerprint density at radius 2 is 2.10 bits per heavy atom. The lowest BCUT2D eigenvalue weighted by atomic mass is 9.98. The number of anilines is 1. The van der Waals surface area contributed by atoms with Gasteiger partial charge in [-0.1, -0.05) is 24.3 Å². The Kier molecular flexibility index (Phi) is 3.62. The molecule has 0 aliphatic carbocycles. The summed E-state index contributed by atoms with van der Waals surface area (Å²) in [7, 11) is 0. The van der Waals surface area contributed by atoms with Gasteiger partial charge in [-0.25, -0.2) is 4.79 Å². The van der Waals surface area contributed by atoms with Gasteiger partial charge in [-0.3, -0.25) is 0 Å². The van der Waals surface area contributed by atoms with Gasteiger partial charge in [-0.2, -0.15) is 0 Å². The Labute approximate surface area is 123 Å². The molecule has 1 unspecified atom stereocenters. The first-order valence-electron chi connectivity index (χ1n) is 6.91. The van der Waals surface area contributed by atoms with Crippen molar-refractivity contribution in [2.75, 3.05) is 11.9 Å². The fourth-order valence-corrected chi connectivity index (χ4v) is 2.65. The average molecular weight is 283 g/mol. The number of carboxylic acid groups (broad SMARTS) is 1. The van der Waals surface area contributed by atoms with Crippen LogP contribution in [-0.2, 0) is 11.3 Å². The van der Waals surface area contributed by atoms with Crippen LogP contribution in [0.5, 0.6) is 0 Å². The summed E-state index contributed by atoms with van der Waals surface area (Å²) in [5.74, 6) is -0.906. The normalized spacial score (nSPS) is 17.1. The van der Waals surface area contributed by atoms with Gasteiger partial charge in [0.2, 0.25) is 0 Å². The standard InChI is InChI=1S/C17H17NO3/c1-11-8-12(17(19)20)6-7-15(11)18-16-10-21-9-13-4-2-3-5-14(13)16/h2-8,16,18H,9-10H2,1H3,(H,19,20). The molecule has 2 aromatic carbocycles. The molecule has 1 aliphatic rings. The maximum absolute atomic E-state index is 11.0. The molecule has 3 rings (SSSR count). The Morgan fingerprint density at radius 1 is 1.29 bits per heavy atom. The van der Waals surface area contributed by atoms with E-state index in [1.165, 1.54) is 11.1 Å². The second kappa shape index (κ2) is 5.58. The number of benzene rings is 2. The Bertz CT molecular complexity index is 681. The zero-order chi connectivity index (χ0) is 14.8. The number of ether oxygens (including phenoxy) is 1. The first-order chi connectivity index (χ1) is 10.1. The lowest BCUT2D eigenvalue weighted by Gasteiger charge is -2.28. The third-order valence-electron chi connectivity index (χ3n) is 3.78. The molecular formula is C17H17NO3. The quantitative estimate of drug-likeness (QED) is 0.906. The molecule has 0 bridgehead atoms. The Balaban J connectivity index is 1.86. The Morgan fingerprint density at radius 3 is 2.86 bits per heavy atom. The average Bonchev–Trinajstić information content (AvgIpc) is 2.49. The second-order valence-corrected chi connectivity index (χ2v) is 5.25. The summed E-state index contributed by atoms with van der Waals surface area (Å²) in [6, 6.07) is 13.4. The minimum atomic E-state index is -0.906. The van der Waals surface area contributed by atoms with Crippen molar-refractivity contribution in [1.29, 1.82) is 0 Å². The maximum atomic E-state index is 11.0. The van der Waals surface area contributed by atoms with Crippen molar-refractivity contribution in [3.8, 4) is 0 Å². The van der Waals surface area contributed by atoms with E-state index in [-0.39, 0.29) is 6.04 Å². The van der Waals surface area contributed by atoms with Gasteiger partial charge < -0.3 is 15.2 Å². The van der Waals surface area contributed by atoms with Gasteiger partial charge in [0.1, 0.15) is 0 Å². The molecule has 2 aromatic rings. The van der Waals surface area contributed by atoms with Crippen molar-refractivity contribution in [3.05, 3.63) is 64.7 Å². The molecule has 4 nitrogen and oxygen atoms in total. The van der Waals surface area contributed by atoms with Crippen LogP contribution in [0.2, 0.25) is 0 Å². The van der Waals surface area contributed by atoms with E-state index in [9.17, 15) is 4.79 Å². The van der Waals surface area contributed by atoms with Gasteiger partial charge in [0, 0.05) is 5.69 Å². The molecule has 1 aliphatic heterocycles. The highest BCUT2D eigenvalue weighted by Gasteiger charge is 2.20. The van der Waals surface area contributed by atoms with E-state index >= 15 is 0 Å². The highest BCUT2D eigenvalue weighted by Crippen LogP contribution is 2.29. The van der Waals surface area contributed by atoms with E-state index in [0.29, 0.717) is 18.8 Å². The molecule has 0 amide bonds. The predicted molar refractivity (Wildman–Crippen MR) is 80.6 cm³/mol. The van der Waals surface area contributed by atoms with Crippen molar-refractivity contribution in [2.24, 2.45) is 0 Å². The van der Waals surface area contributed by atoms with Gasteiger partial charge in [0.05, 0.1) is 24.8 Å². The van der Waals surface area contributed by atoms with Gasteiger partial charge >= 0.3 is 5.97 Å². The van der Waals surface area contributed by atoms with Crippen molar-refractivity contribution < 1.29 is 14.6 Å². The summed E-state index contributed by atoms with van der Waals surface area (Å²) in [6.07, 6.45) is 0. The van der Waals surface area contributed by atoms with Crippen molar-refractivity contribution in [2.45, 2.75) is 19.6 Å². The molecule has 1 atom stereocenters. The molecule has 2 N–H and O–H groups in total. The van der Waals surface area contributed by atoms with E-state index < -0.39 is 5.97 Å². The molecule has 0 spiro atoms. The fourth-order valence-electron chi connectivity index (χ4n) is 2.65. The van der Waals surface area contributed by atoms with E-state index in [0.717, 1.165) is 11.3 Å². The summed E-state index contributed by atoms with van der Waals surface area (Å²) < 4.78 is 5.63. The van der Waals surface area contributed by atoms with Crippen LogP contribution in [0.15, 0.2) is 42.5 Å². The number of fused-ring (bicyclic) bond motifs is 1. The first-order valence-corrected chi connectivity index (χ1v) is 6.91. The summed E-state index contributed by atoms with van der Waals surface area (Å²) in [5, 5.41) is 12.5. The molecule has 0 fully saturated rings. The summed E-state index contributed by atoms with van der Waals surface area (Å²) in [6.45, 7) is 3.16. The Hall–Kier alpha value is -2.33. The van der Waals surface area contributed by atoms with Crippen molar-refractivity contribution in [1.82, 2.24) is 0 Å². The molecule has 1 heterocycles. The van der Waals surface area contributed by atoms with E-state index in [1.54, 1.807) is 12.1 Å². The zero-order valence-electron chi connectivity index (χ0n) is 11.8. The van der Waals surface area contributed by atoms with Crippen molar-refractivity contribution in [3.63, 3.8) is 0 Å². The predicted octanol–water partition coefficient (Wildman–Crippen LogP) is 3.38. The maximum Gasteiger partial charge on any atom is 0.335 e. The second-order valence-electron chi connectivity index (χ2n) is 5.25. The van der Waals surface area contributed by atoms with Crippen LogP contribution >= 0.6 is 0 Å². The molecule has 4 heteroatoms. The number of hydrogen-bond acceptors (Lipinski definition) is 3. The van der Waals surface area contributed by atoms with E-state index in [4.69, 9.17) is 9.84 Å². The van der Waals surface area contributed by atoms with Crippen LogP contribution in [0.4, 0.5) is 5.69 Å². The first kappa shape index (κ1) is 13.6. The third kappa shape index (κ3) is 2.76. The molecule has 0 saturated heterocycles. The molecule has 0 aromatic heterocycles. The molecule has 21 heavy (non-hydrogen) atoms. The van der Waals surface area contributed by atoms with Crippen LogP contribution < -0.4 is 5.32 Å². The number of aromatic carboxylic acids is 1. The minimum absolute atomic E-state index is 0.0873. The monoisotopic (exact) mass is 283 g/mol. The van der Waals surface area contributed by atoms with E-state index in [2.05, 4.69) is 17.4 Å². The molecule has 0 radical (unpaired) electrons. The molecular weight excluding hydrogens is 266 g/mol. The van der Waals surface area contributed by atoms with Crippen LogP contribution in [-0.4, -0.2) is 17.7 Å². The smallest absolute Gasteiger partial charge is 0.335 e. The van der Waals surface area contributed by atoms with Crippen LogP contribution in [0.3, 0.4) is 0 Å². The fraction of sp³-hybridized carbons (Fsp3) is 0.235. The minimum Gasteiger partial charge on any atom is -0.478 e. The number of nitrogens with one attached hydrogen (secondary N) is 1. The lowest BCUT2D eigenvalue weighted by Crippen LogP contribution is -2.23. The van der Waals surface area contributed by atoms with Gasteiger partial charge in [-0.05, 0) is 41.8 Å². The lowest BCUT2D eigenvalue weighted by molar-refractivity contribution is 0.0697. The van der Waals surface area contributed by atoms with E-state index in [1.807, 2.05) is 25.1 Å². The molecule has 108 valence electrons. The summed E-state index contributed by atoms with van der Waals surface area (Å²) in [5.41, 5.74) is 4.59. The summed E-state index contributed by atoms with van der Waals surface area (Å²) >= 11 is 0. The van der Waals surface area contributed by atoms with Gasteiger partial charge in [-0.15, -0.1) is 0 Å². The largest absolute Gasteiger partial charge is 0.478 e. The van der Waals surface area contributed by atoms with Gasteiger partial charge in [0.15, 0.2) is 0 Å². The number of rotatable bonds is 3. The number of hydrogen-bond donors (Lipinski definition) is 2. The molecule has 0 saturated carbocycles. The topological polar surface area (TPSA) is 58.6 Å². The zero-order valence-corrected chi connectivity index (χ0v) is 11.8. The number of carboxylic acids is 1. The highest BCUT2D eigenvalue weighted by atomic mass is 16.5. The van der Waals surface area contributed by atoms with Crippen LogP contribution in [0, 0.1) is 6.92 Å². The number of aryl methyl sites for hydroxylation is 1. The van der Waals surface area contributed by atoms with Crippen LogP contribution in [0.25, 0.3) is 0 Å². The van der Waals surface area contributed by atoms with Crippen LogP contribution in [0.1, 0.15) is 33.1 Å². The highest BCUT2D eigenvalue weighted by molar-refractivity contribution is 5.88.